The lowest BCUT2D eigenvalue weighted by atomic mass is 10.2. The van der Waals surface area contributed by atoms with Crippen LogP contribution in [0.4, 0.5) is 30.2 Å². The lowest BCUT2D eigenvalue weighted by Crippen LogP contribution is -2.14. The number of rotatable bonds is 4. The summed E-state index contributed by atoms with van der Waals surface area (Å²) in [6.45, 7) is 0. The molecule has 140 valence electrons. The van der Waals surface area contributed by atoms with E-state index >= 15 is 0 Å². The molecule has 3 aromatic rings. The van der Waals surface area contributed by atoms with Gasteiger partial charge in [-0.15, -0.1) is 0 Å². The molecule has 28 heavy (non-hydrogen) atoms. The number of pyridine rings is 1. The van der Waals surface area contributed by atoms with Crippen LogP contribution in [0.1, 0.15) is 21.6 Å². The van der Waals surface area contributed by atoms with Crippen LogP contribution in [0.15, 0.2) is 66.9 Å². The molecule has 0 atom stereocenters. The van der Waals surface area contributed by atoms with Gasteiger partial charge in [0.05, 0.1) is 28.7 Å². The van der Waals surface area contributed by atoms with Crippen LogP contribution in [0.2, 0.25) is 0 Å². The highest BCUT2D eigenvalue weighted by atomic mass is 19.4. The van der Waals surface area contributed by atoms with E-state index in [4.69, 9.17) is 5.26 Å². The Morgan fingerprint density at radius 2 is 1.64 bits per heavy atom. The maximum absolute atomic E-state index is 12.6. The zero-order valence-corrected chi connectivity index (χ0v) is 14.3. The highest BCUT2D eigenvalue weighted by Crippen LogP contribution is 2.29. The van der Waals surface area contributed by atoms with Crippen LogP contribution >= 0.6 is 0 Å². The number of benzene rings is 2. The summed E-state index contributed by atoms with van der Waals surface area (Å²) in [4.78, 5) is 16.3. The Hall–Kier alpha value is -3.86. The molecule has 0 aliphatic rings. The Bertz CT molecular complexity index is 1020. The minimum absolute atomic E-state index is 0.0963. The van der Waals surface area contributed by atoms with E-state index in [0.717, 1.165) is 12.1 Å². The molecule has 0 saturated heterocycles. The topological polar surface area (TPSA) is 77.8 Å². The molecule has 0 aliphatic carbocycles. The van der Waals surface area contributed by atoms with E-state index in [2.05, 4.69) is 21.7 Å². The summed E-state index contributed by atoms with van der Waals surface area (Å²) >= 11 is 0. The lowest BCUT2D eigenvalue weighted by Gasteiger charge is -2.10. The van der Waals surface area contributed by atoms with E-state index in [1.807, 2.05) is 0 Å². The van der Waals surface area contributed by atoms with Crippen molar-refractivity contribution in [2.45, 2.75) is 6.18 Å². The number of nitrogens with zero attached hydrogens (tertiary/aromatic N) is 2. The molecular weight excluding hydrogens is 369 g/mol. The standard InChI is InChI=1S/C20H13F3N4O/c21-20(22,23)14-5-7-15(8-6-14)27-19(28)18-10-9-16(12-25-18)26-17-4-2-1-3-13(17)11-24/h1-10,12,26H,(H,27,28). The average molecular weight is 382 g/mol. The van der Waals surface area contributed by atoms with Crippen LogP contribution in [0.5, 0.6) is 0 Å². The predicted molar refractivity (Wildman–Crippen MR) is 98.1 cm³/mol. The molecule has 0 saturated carbocycles. The Morgan fingerprint density at radius 1 is 0.964 bits per heavy atom. The molecule has 5 nitrogen and oxygen atoms in total. The van der Waals surface area contributed by atoms with Gasteiger partial charge in [0, 0.05) is 5.69 Å². The SMILES string of the molecule is N#Cc1ccccc1Nc1ccc(C(=O)Nc2ccc(C(F)(F)F)cc2)nc1. The molecule has 1 aromatic heterocycles. The van der Waals surface area contributed by atoms with Crippen molar-refractivity contribution in [3.05, 3.63) is 83.7 Å². The molecule has 0 aliphatic heterocycles. The third kappa shape index (κ3) is 4.45. The summed E-state index contributed by atoms with van der Waals surface area (Å²) in [6.07, 6.45) is -3.01. The zero-order chi connectivity index (χ0) is 20.1. The first-order valence-electron chi connectivity index (χ1n) is 8.07. The number of amides is 1. The van der Waals surface area contributed by atoms with Gasteiger partial charge in [-0.05, 0) is 48.5 Å². The van der Waals surface area contributed by atoms with Crippen LogP contribution < -0.4 is 10.6 Å². The van der Waals surface area contributed by atoms with Crippen LogP contribution in [-0.2, 0) is 6.18 Å². The van der Waals surface area contributed by atoms with Gasteiger partial charge in [-0.3, -0.25) is 4.79 Å². The molecule has 0 unspecified atom stereocenters. The van der Waals surface area contributed by atoms with E-state index < -0.39 is 17.6 Å². The summed E-state index contributed by atoms with van der Waals surface area (Å²) in [5.41, 5.74) is 1.18. The number of hydrogen-bond acceptors (Lipinski definition) is 4. The fourth-order valence-corrected chi connectivity index (χ4v) is 2.38. The van der Waals surface area contributed by atoms with Crippen LogP contribution in [-0.4, -0.2) is 10.9 Å². The van der Waals surface area contributed by atoms with E-state index in [9.17, 15) is 18.0 Å². The van der Waals surface area contributed by atoms with Gasteiger partial charge in [0.1, 0.15) is 11.8 Å². The van der Waals surface area contributed by atoms with Gasteiger partial charge in [-0.2, -0.15) is 18.4 Å². The van der Waals surface area contributed by atoms with Crippen LogP contribution in [0, 0.1) is 11.3 Å². The molecule has 0 spiro atoms. The van der Waals surface area contributed by atoms with Gasteiger partial charge >= 0.3 is 6.18 Å². The summed E-state index contributed by atoms with van der Waals surface area (Å²) < 4.78 is 37.7. The van der Waals surface area contributed by atoms with Gasteiger partial charge in [0.15, 0.2) is 0 Å². The number of hydrogen-bond donors (Lipinski definition) is 2. The average Bonchev–Trinajstić information content (AvgIpc) is 2.68. The Morgan fingerprint density at radius 3 is 2.25 bits per heavy atom. The summed E-state index contributed by atoms with van der Waals surface area (Å²) in [5.74, 6) is -0.552. The molecule has 2 N–H and O–H groups in total. The molecule has 8 heteroatoms. The molecule has 1 heterocycles. The van der Waals surface area contributed by atoms with Gasteiger partial charge < -0.3 is 10.6 Å². The number of para-hydroxylation sites is 1. The summed E-state index contributed by atoms with van der Waals surface area (Å²) in [7, 11) is 0. The maximum Gasteiger partial charge on any atom is 0.416 e. The van der Waals surface area contributed by atoms with Gasteiger partial charge in [-0.1, -0.05) is 12.1 Å². The van der Waals surface area contributed by atoms with Crippen molar-refractivity contribution in [2.75, 3.05) is 10.6 Å². The number of halogens is 3. The van der Waals surface area contributed by atoms with Crippen molar-refractivity contribution < 1.29 is 18.0 Å². The fourth-order valence-electron chi connectivity index (χ4n) is 2.38. The Kier molecular flexibility index (Phi) is 5.27. The molecule has 2 aromatic carbocycles. The number of alkyl halides is 3. The predicted octanol–water partition coefficient (Wildman–Crippen LogP) is 4.97. The quantitative estimate of drug-likeness (QED) is 0.668. The normalized spacial score (nSPS) is 10.8. The minimum Gasteiger partial charge on any atom is -0.353 e. The number of nitriles is 1. The van der Waals surface area contributed by atoms with Gasteiger partial charge in [0.25, 0.3) is 5.91 Å². The number of carbonyl (C=O) groups excluding carboxylic acids is 1. The molecule has 0 radical (unpaired) electrons. The molecular formula is C20H13F3N4O. The number of anilines is 3. The summed E-state index contributed by atoms with van der Waals surface area (Å²) in [5, 5.41) is 14.6. The van der Waals surface area contributed by atoms with Crippen LogP contribution in [0.25, 0.3) is 0 Å². The van der Waals surface area contributed by atoms with Gasteiger partial charge in [-0.25, -0.2) is 4.98 Å². The van der Waals surface area contributed by atoms with Crippen molar-refractivity contribution in [3.8, 4) is 6.07 Å². The summed E-state index contributed by atoms with van der Waals surface area (Å²) in [6, 6.07) is 16.2. The van der Waals surface area contributed by atoms with Crippen LogP contribution in [0.3, 0.4) is 0 Å². The highest BCUT2D eigenvalue weighted by molar-refractivity contribution is 6.03. The number of carbonyl (C=O) groups is 1. The fraction of sp³-hybridized carbons (Fsp3) is 0.0500. The molecule has 0 bridgehead atoms. The second-order valence-electron chi connectivity index (χ2n) is 5.74. The van der Waals surface area contributed by atoms with Gasteiger partial charge in [0.2, 0.25) is 0 Å². The first-order valence-corrected chi connectivity index (χ1v) is 8.07. The first kappa shape index (κ1) is 18.9. The van der Waals surface area contributed by atoms with Crippen molar-refractivity contribution in [1.29, 1.82) is 5.26 Å². The van der Waals surface area contributed by atoms with Crippen molar-refractivity contribution in [1.82, 2.24) is 4.98 Å². The monoisotopic (exact) mass is 382 g/mol. The lowest BCUT2D eigenvalue weighted by molar-refractivity contribution is -0.137. The Balaban J connectivity index is 1.68. The van der Waals surface area contributed by atoms with Crippen molar-refractivity contribution in [3.63, 3.8) is 0 Å². The molecule has 0 fully saturated rings. The van der Waals surface area contributed by atoms with E-state index in [1.165, 1.54) is 24.4 Å². The van der Waals surface area contributed by atoms with Crippen molar-refractivity contribution >= 4 is 23.0 Å². The first-order chi connectivity index (χ1) is 13.4. The number of nitrogens with one attached hydrogen (secondary N) is 2. The minimum atomic E-state index is -4.43. The third-order valence-electron chi connectivity index (χ3n) is 3.79. The highest BCUT2D eigenvalue weighted by Gasteiger charge is 2.30. The van der Waals surface area contributed by atoms with Crippen molar-refractivity contribution in [2.24, 2.45) is 0 Å². The van der Waals surface area contributed by atoms with E-state index in [1.54, 1.807) is 30.3 Å². The number of aromatic nitrogens is 1. The molecule has 1 amide bonds. The second-order valence-corrected chi connectivity index (χ2v) is 5.74. The van der Waals surface area contributed by atoms with E-state index in [0.29, 0.717) is 16.9 Å². The zero-order valence-electron chi connectivity index (χ0n) is 14.3. The largest absolute Gasteiger partial charge is 0.416 e. The maximum atomic E-state index is 12.6. The smallest absolute Gasteiger partial charge is 0.353 e. The molecule has 3 rings (SSSR count). The third-order valence-corrected chi connectivity index (χ3v) is 3.79. The Labute approximate surface area is 158 Å². The van der Waals surface area contributed by atoms with E-state index in [-0.39, 0.29) is 11.4 Å². The second kappa shape index (κ2) is 7.80.